The Bertz CT molecular complexity index is 308. The van der Waals surface area contributed by atoms with E-state index in [1.807, 2.05) is 0 Å². The first-order valence-corrected chi connectivity index (χ1v) is 8.13. The van der Waals surface area contributed by atoms with E-state index >= 15 is 0 Å². The van der Waals surface area contributed by atoms with Crippen molar-refractivity contribution in [3.05, 3.63) is 12.2 Å². The fraction of sp³-hybridized carbons (Fsp3) is 0.824. The zero-order chi connectivity index (χ0) is 13.5. The van der Waals surface area contributed by atoms with Crippen LogP contribution in [0.4, 0.5) is 0 Å². The van der Waals surface area contributed by atoms with Gasteiger partial charge >= 0.3 is 5.97 Å². The first kappa shape index (κ1) is 14.6. The highest BCUT2D eigenvalue weighted by atomic mass is 16.6. The summed E-state index contributed by atoms with van der Waals surface area (Å²) in [7, 11) is 0. The molecule has 1 fully saturated rings. The zero-order valence-corrected chi connectivity index (χ0v) is 12.3. The zero-order valence-electron chi connectivity index (χ0n) is 12.3. The first-order valence-electron chi connectivity index (χ1n) is 8.13. The summed E-state index contributed by atoms with van der Waals surface area (Å²) in [6.45, 7) is 2.29. The Labute approximate surface area is 117 Å². The molecule has 2 unspecified atom stereocenters. The van der Waals surface area contributed by atoms with E-state index in [4.69, 9.17) is 4.74 Å². The van der Waals surface area contributed by atoms with E-state index < -0.39 is 0 Å². The van der Waals surface area contributed by atoms with Crippen LogP contribution in [-0.4, -0.2) is 12.1 Å². The average Bonchev–Trinajstić information content (AvgIpc) is 2.39. The molecule has 108 valence electrons. The molecule has 1 aliphatic heterocycles. The van der Waals surface area contributed by atoms with Crippen LogP contribution in [0.1, 0.15) is 71.1 Å². The van der Waals surface area contributed by atoms with Gasteiger partial charge in [-0.15, -0.1) is 0 Å². The second kappa shape index (κ2) is 7.72. The van der Waals surface area contributed by atoms with E-state index in [0.717, 1.165) is 12.8 Å². The Balaban J connectivity index is 1.82. The summed E-state index contributed by atoms with van der Waals surface area (Å²) in [5.74, 6) is 0.930. The number of fused-ring (bicyclic) bond motifs is 1. The van der Waals surface area contributed by atoms with Crippen LogP contribution in [0.25, 0.3) is 0 Å². The van der Waals surface area contributed by atoms with Gasteiger partial charge in [0.1, 0.15) is 6.10 Å². The average molecular weight is 264 g/mol. The predicted molar refractivity (Wildman–Crippen MR) is 77.8 cm³/mol. The van der Waals surface area contributed by atoms with Crippen LogP contribution in [-0.2, 0) is 9.53 Å². The van der Waals surface area contributed by atoms with Gasteiger partial charge in [-0.05, 0) is 44.4 Å². The van der Waals surface area contributed by atoms with Crippen molar-refractivity contribution in [2.45, 2.75) is 77.2 Å². The summed E-state index contributed by atoms with van der Waals surface area (Å²) < 4.78 is 5.34. The van der Waals surface area contributed by atoms with Crippen LogP contribution < -0.4 is 0 Å². The van der Waals surface area contributed by atoms with Crippen LogP contribution in [0.15, 0.2) is 12.2 Å². The molecule has 1 heterocycles. The van der Waals surface area contributed by atoms with Crippen molar-refractivity contribution in [3.63, 3.8) is 0 Å². The van der Waals surface area contributed by atoms with Gasteiger partial charge in [-0.1, -0.05) is 44.8 Å². The van der Waals surface area contributed by atoms with Crippen molar-refractivity contribution in [1.82, 2.24) is 0 Å². The first-order chi connectivity index (χ1) is 9.27. The number of hydrogen-bond acceptors (Lipinski definition) is 2. The number of esters is 1. The Hall–Kier alpha value is -0.790. The molecular weight excluding hydrogens is 236 g/mol. The Morgan fingerprint density at radius 1 is 1.00 bits per heavy atom. The molecule has 0 aromatic carbocycles. The fourth-order valence-corrected chi connectivity index (χ4v) is 3.20. The molecule has 2 rings (SSSR count). The largest absolute Gasteiger partial charge is 0.461 e. The van der Waals surface area contributed by atoms with Crippen molar-refractivity contribution >= 4 is 5.97 Å². The molecule has 1 aliphatic carbocycles. The lowest BCUT2D eigenvalue weighted by Crippen LogP contribution is -2.45. The molecule has 0 N–H and O–H groups in total. The Morgan fingerprint density at radius 2 is 1.74 bits per heavy atom. The van der Waals surface area contributed by atoms with Gasteiger partial charge in [0.2, 0.25) is 0 Å². The minimum atomic E-state index is 0.0569. The smallest absolute Gasteiger partial charge is 0.313 e. The Kier molecular flexibility index (Phi) is 5.93. The lowest BCUT2D eigenvalue weighted by atomic mass is 9.84. The molecule has 0 bridgehead atoms. The normalized spacial score (nSPS) is 36.1. The topological polar surface area (TPSA) is 26.3 Å². The molecule has 0 amide bonds. The summed E-state index contributed by atoms with van der Waals surface area (Å²) in [4.78, 5) is 11.5. The van der Waals surface area contributed by atoms with Crippen LogP contribution in [0, 0.1) is 11.8 Å². The summed E-state index contributed by atoms with van der Waals surface area (Å²) in [5, 5.41) is 0. The van der Waals surface area contributed by atoms with Crippen molar-refractivity contribution < 1.29 is 9.53 Å². The van der Waals surface area contributed by atoms with Gasteiger partial charge in [0.15, 0.2) is 0 Å². The summed E-state index contributed by atoms with van der Waals surface area (Å²) >= 11 is 0. The van der Waals surface area contributed by atoms with E-state index in [2.05, 4.69) is 19.1 Å². The molecule has 3 atom stereocenters. The van der Waals surface area contributed by atoms with Gasteiger partial charge < -0.3 is 4.74 Å². The number of carbonyl (C=O) groups excluding carboxylic acids is 1. The third-order valence-corrected chi connectivity index (χ3v) is 4.53. The lowest BCUT2D eigenvalue weighted by Gasteiger charge is -2.36. The van der Waals surface area contributed by atoms with Crippen molar-refractivity contribution in [2.24, 2.45) is 11.8 Å². The van der Waals surface area contributed by atoms with E-state index in [-0.39, 0.29) is 18.0 Å². The van der Waals surface area contributed by atoms with E-state index in [1.54, 1.807) is 0 Å². The molecule has 2 heteroatoms. The highest BCUT2D eigenvalue weighted by Gasteiger charge is 2.41. The van der Waals surface area contributed by atoms with Gasteiger partial charge in [0.05, 0.1) is 5.92 Å². The van der Waals surface area contributed by atoms with E-state index in [1.165, 1.54) is 51.4 Å². The number of carbonyl (C=O) groups is 1. The molecular formula is C17H28O2. The van der Waals surface area contributed by atoms with Crippen molar-refractivity contribution in [2.75, 3.05) is 0 Å². The van der Waals surface area contributed by atoms with E-state index in [0.29, 0.717) is 5.92 Å². The number of hydrogen-bond donors (Lipinski definition) is 0. The quantitative estimate of drug-likeness (QED) is 0.471. The van der Waals surface area contributed by atoms with Gasteiger partial charge in [0, 0.05) is 0 Å². The van der Waals surface area contributed by atoms with Gasteiger partial charge in [0.25, 0.3) is 0 Å². The highest BCUT2D eigenvalue weighted by molar-refractivity contribution is 5.78. The molecule has 0 spiro atoms. The van der Waals surface area contributed by atoms with Crippen LogP contribution in [0.3, 0.4) is 0 Å². The highest BCUT2D eigenvalue weighted by Crippen LogP contribution is 2.33. The van der Waals surface area contributed by atoms with Crippen molar-refractivity contribution in [1.29, 1.82) is 0 Å². The maximum absolute atomic E-state index is 11.5. The second-order valence-corrected chi connectivity index (χ2v) is 6.32. The maximum Gasteiger partial charge on any atom is 0.313 e. The number of rotatable bonds is 0. The maximum atomic E-state index is 11.5. The van der Waals surface area contributed by atoms with Crippen molar-refractivity contribution in [3.8, 4) is 0 Å². The molecule has 0 radical (unpaired) electrons. The molecule has 2 aliphatic rings. The third kappa shape index (κ3) is 4.67. The molecule has 2 nitrogen and oxygen atoms in total. The van der Waals surface area contributed by atoms with Gasteiger partial charge in [-0.3, -0.25) is 4.79 Å². The number of ether oxygens (including phenoxy) is 1. The summed E-state index contributed by atoms with van der Waals surface area (Å²) in [5.41, 5.74) is 0. The molecule has 0 saturated carbocycles. The summed E-state index contributed by atoms with van der Waals surface area (Å²) in [6, 6.07) is 0. The van der Waals surface area contributed by atoms with Gasteiger partial charge in [-0.25, -0.2) is 0 Å². The van der Waals surface area contributed by atoms with Crippen LogP contribution in [0.5, 0.6) is 0 Å². The van der Waals surface area contributed by atoms with Gasteiger partial charge in [-0.2, -0.15) is 0 Å². The minimum Gasteiger partial charge on any atom is -0.461 e. The fourth-order valence-electron chi connectivity index (χ4n) is 3.20. The minimum absolute atomic E-state index is 0.0569. The Morgan fingerprint density at radius 3 is 2.58 bits per heavy atom. The monoisotopic (exact) mass is 264 g/mol. The number of allylic oxidation sites excluding steroid dienone is 2. The van der Waals surface area contributed by atoms with Crippen LogP contribution in [0.2, 0.25) is 0 Å². The third-order valence-electron chi connectivity index (χ3n) is 4.53. The lowest BCUT2D eigenvalue weighted by molar-refractivity contribution is -0.187. The predicted octanol–water partition coefficient (Wildman–Crippen LogP) is 4.63. The SMILES string of the molecule is CC1CC/C=C\CCCCCCCC2C(=O)O[C@@H]2C1. The summed E-state index contributed by atoms with van der Waals surface area (Å²) in [6.07, 6.45) is 17.1. The molecule has 0 aromatic rings. The standard InChI is InChI=1S/C17H28O2/c1-14-11-9-7-5-3-2-4-6-8-10-12-15-16(13-14)19-17(15)18/h5,7,14-16H,2-4,6,8-13H2,1H3/b7-5-/t14?,15?,16-/m1/s1. The second-order valence-electron chi connectivity index (χ2n) is 6.32. The van der Waals surface area contributed by atoms with Crippen LogP contribution >= 0.6 is 0 Å². The molecule has 1 saturated heterocycles. The molecule has 19 heavy (non-hydrogen) atoms. The molecule has 0 aromatic heterocycles. The van der Waals surface area contributed by atoms with E-state index in [9.17, 15) is 4.79 Å².